The van der Waals surface area contributed by atoms with Crippen LogP contribution in [-0.2, 0) is 0 Å². The molecule has 2 atom stereocenters. The van der Waals surface area contributed by atoms with Crippen LogP contribution in [0.4, 0.5) is 0 Å². The van der Waals surface area contributed by atoms with Gasteiger partial charge in [-0.2, -0.15) is 0 Å². The average Bonchev–Trinajstić information content (AvgIpc) is 2.54. The smallest absolute Gasteiger partial charge is 0.0829 e. The first-order valence-electron chi connectivity index (χ1n) is 5.85. The summed E-state index contributed by atoms with van der Waals surface area (Å²) in [6.07, 6.45) is 11.8. The topological polar surface area (TPSA) is 0 Å². The van der Waals surface area contributed by atoms with E-state index in [0.29, 0.717) is 4.16 Å². The molecule has 3 heteroatoms. The molecule has 0 aliphatic carbocycles. The van der Waals surface area contributed by atoms with Gasteiger partial charge in [0, 0.05) is 0 Å². The SMILES string of the molecule is CCCCCCCCC1(Br)C=CSC1Br. The number of hydrogen-bond donors (Lipinski definition) is 0. The van der Waals surface area contributed by atoms with Crippen LogP contribution >= 0.6 is 43.6 Å². The van der Waals surface area contributed by atoms with E-state index < -0.39 is 0 Å². The molecule has 1 aliphatic heterocycles. The van der Waals surface area contributed by atoms with E-state index in [-0.39, 0.29) is 4.32 Å². The number of unbranched alkanes of at least 4 members (excludes halogenated alkanes) is 5. The Labute approximate surface area is 115 Å². The van der Waals surface area contributed by atoms with E-state index in [9.17, 15) is 0 Å². The minimum Gasteiger partial charge on any atom is -0.118 e. The zero-order chi connectivity index (χ0) is 11.1. The van der Waals surface area contributed by atoms with E-state index >= 15 is 0 Å². The zero-order valence-corrected chi connectivity index (χ0v) is 13.3. The van der Waals surface area contributed by atoms with Crippen molar-refractivity contribution in [3.63, 3.8) is 0 Å². The first-order valence-corrected chi connectivity index (χ1v) is 8.50. The standard InChI is InChI=1S/C12H20Br2S/c1-2-3-4-5-6-7-8-12(14)9-10-15-11(12)13/h9-11H,2-8H2,1H3. The molecule has 0 saturated heterocycles. The fraction of sp³-hybridized carbons (Fsp3) is 0.833. The first kappa shape index (κ1) is 14.1. The molecule has 0 N–H and O–H groups in total. The predicted octanol–water partition coefficient (Wildman–Crippen LogP) is 5.85. The second-order valence-electron chi connectivity index (χ2n) is 4.20. The maximum atomic E-state index is 3.84. The summed E-state index contributed by atoms with van der Waals surface area (Å²) in [4.78, 5) is 0. The highest BCUT2D eigenvalue weighted by atomic mass is 79.9. The van der Waals surface area contributed by atoms with Crippen molar-refractivity contribution in [1.29, 1.82) is 0 Å². The van der Waals surface area contributed by atoms with Crippen molar-refractivity contribution in [2.75, 3.05) is 0 Å². The van der Waals surface area contributed by atoms with E-state index in [1.807, 2.05) is 11.8 Å². The van der Waals surface area contributed by atoms with Crippen LogP contribution in [0.2, 0.25) is 0 Å². The molecule has 0 spiro atoms. The molecule has 0 radical (unpaired) electrons. The normalized spacial score (nSPS) is 29.9. The highest BCUT2D eigenvalue weighted by molar-refractivity contribution is 9.14. The van der Waals surface area contributed by atoms with E-state index in [1.54, 1.807) is 0 Å². The van der Waals surface area contributed by atoms with Crippen molar-refractivity contribution in [3.05, 3.63) is 11.5 Å². The van der Waals surface area contributed by atoms with E-state index in [1.165, 1.54) is 44.9 Å². The molecule has 0 aromatic rings. The molecule has 0 fully saturated rings. The van der Waals surface area contributed by atoms with Gasteiger partial charge in [-0.1, -0.05) is 83.4 Å². The molecule has 0 saturated carbocycles. The fourth-order valence-corrected chi connectivity index (χ4v) is 4.33. The number of halogens is 2. The third kappa shape index (κ3) is 4.82. The van der Waals surface area contributed by atoms with Gasteiger partial charge < -0.3 is 0 Å². The van der Waals surface area contributed by atoms with Crippen molar-refractivity contribution in [2.45, 2.75) is 60.4 Å². The fourth-order valence-electron chi connectivity index (χ4n) is 1.78. The number of alkyl halides is 2. The molecule has 0 bridgehead atoms. The molecule has 1 aliphatic rings. The number of allylic oxidation sites excluding steroid dienone is 1. The molecule has 88 valence electrons. The Morgan fingerprint density at radius 3 is 2.47 bits per heavy atom. The van der Waals surface area contributed by atoms with Crippen LogP contribution in [0.1, 0.15) is 51.9 Å². The third-order valence-electron chi connectivity index (χ3n) is 2.83. The number of hydrogen-bond acceptors (Lipinski definition) is 1. The minimum absolute atomic E-state index is 0.211. The monoisotopic (exact) mass is 354 g/mol. The van der Waals surface area contributed by atoms with E-state index in [0.717, 1.165) is 0 Å². The molecule has 0 nitrogen and oxygen atoms in total. The lowest BCUT2D eigenvalue weighted by atomic mass is 10.0. The molecule has 0 aromatic heterocycles. The van der Waals surface area contributed by atoms with Crippen molar-refractivity contribution in [2.24, 2.45) is 0 Å². The third-order valence-corrected chi connectivity index (χ3v) is 7.29. The van der Waals surface area contributed by atoms with Crippen molar-refractivity contribution in [1.82, 2.24) is 0 Å². The maximum absolute atomic E-state index is 3.84. The summed E-state index contributed by atoms with van der Waals surface area (Å²) >= 11 is 9.41. The van der Waals surface area contributed by atoms with Gasteiger partial charge in [0.15, 0.2) is 0 Å². The van der Waals surface area contributed by atoms with E-state index in [2.05, 4.69) is 50.3 Å². The quantitative estimate of drug-likeness (QED) is 0.407. The van der Waals surface area contributed by atoms with Gasteiger partial charge in [0.25, 0.3) is 0 Å². The van der Waals surface area contributed by atoms with Crippen molar-refractivity contribution in [3.8, 4) is 0 Å². The van der Waals surface area contributed by atoms with Gasteiger partial charge in [-0.15, -0.1) is 11.8 Å². The summed E-state index contributed by atoms with van der Waals surface area (Å²) < 4.78 is 0.725. The average molecular weight is 356 g/mol. The minimum atomic E-state index is 0.211. The predicted molar refractivity (Wildman–Crippen MR) is 79.1 cm³/mol. The Hall–Kier alpha value is 1.05. The summed E-state index contributed by atoms with van der Waals surface area (Å²) in [6.45, 7) is 2.27. The van der Waals surface area contributed by atoms with Crippen LogP contribution in [0, 0.1) is 0 Å². The van der Waals surface area contributed by atoms with Gasteiger partial charge in [-0.25, -0.2) is 0 Å². The van der Waals surface area contributed by atoms with Crippen LogP contribution in [0.25, 0.3) is 0 Å². The zero-order valence-electron chi connectivity index (χ0n) is 9.35. The Kier molecular flexibility index (Phi) is 6.95. The Balaban J connectivity index is 2.07. The van der Waals surface area contributed by atoms with Crippen molar-refractivity contribution >= 4 is 43.6 Å². The molecule has 2 unspecified atom stereocenters. The molecule has 0 amide bonds. The van der Waals surface area contributed by atoms with Crippen LogP contribution in [0.3, 0.4) is 0 Å². The Bertz CT molecular complexity index is 206. The maximum Gasteiger partial charge on any atom is 0.0829 e. The highest BCUT2D eigenvalue weighted by Gasteiger charge is 2.35. The lowest BCUT2D eigenvalue weighted by molar-refractivity contribution is 0.566. The van der Waals surface area contributed by atoms with Gasteiger partial charge in [0.05, 0.1) is 8.48 Å². The van der Waals surface area contributed by atoms with Crippen LogP contribution in [0.15, 0.2) is 11.5 Å². The molecule has 15 heavy (non-hydrogen) atoms. The van der Waals surface area contributed by atoms with Crippen molar-refractivity contribution < 1.29 is 0 Å². The summed E-state index contributed by atoms with van der Waals surface area (Å²) in [5.74, 6) is 0. The van der Waals surface area contributed by atoms with Crippen LogP contribution in [0.5, 0.6) is 0 Å². The highest BCUT2D eigenvalue weighted by Crippen LogP contribution is 2.46. The largest absolute Gasteiger partial charge is 0.118 e. The second kappa shape index (κ2) is 7.39. The molecule has 0 aromatic carbocycles. The molecule has 1 rings (SSSR count). The summed E-state index contributed by atoms with van der Waals surface area (Å²) in [5.41, 5.74) is 0. The van der Waals surface area contributed by atoms with Gasteiger partial charge in [0.1, 0.15) is 0 Å². The lowest BCUT2D eigenvalue weighted by Crippen LogP contribution is -2.23. The molecule has 1 heterocycles. The summed E-state index contributed by atoms with van der Waals surface area (Å²) in [5, 5.41) is 2.20. The summed E-state index contributed by atoms with van der Waals surface area (Å²) in [6, 6.07) is 0. The van der Waals surface area contributed by atoms with Crippen LogP contribution in [-0.4, -0.2) is 8.48 Å². The molecular formula is C12H20Br2S. The van der Waals surface area contributed by atoms with Gasteiger partial charge in [-0.3, -0.25) is 0 Å². The number of thioether (sulfide) groups is 1. The van der Waals surface area contributed by atoms with Gasteiger partial charge in [-0.05, 0) is 11.8 Å². The van der Waals surface area contributed by atoms with Gasteiger partial charge in [0.2, 0.25) is 0 Å². The Morgan fingerprint density at radius 1 is 1.20 bits per heavy atom. The summed E-state index contributed by atoms with van der Waals surface area (Å²) in [7, 11) is 0. The lowest BCUT2D eigenvalue weighted by Gasteiger charge is -2.23. The number of rotatable bonds is 7. The van der Waals surface area contributed by atoms with E-state index in [4.69, 9.17) is 0 Å². The molecular weight excluding hydrogens is 336 g/mol. The Morgan fingerprint density at radius 2 is 1.87 bits per heavy atom. The van der Waals surface area contributed by atoms with Gasteiger partial charge >= 0.3 is 0 Å². The second-order valence-corrected chi connectivity index (χ2v) is 8.21. The van der Waals surface area contributed by atoms with Crippen LogP contribution < -0.4 is 0 Å². The first-order chi connectivity index (χ1) is 7.19.